The molecule has 3 aromatic carbocycles. The summed E-state index contributed by atoms with van der Waals surface area (Å²) in [7, 11) is 2.11. The van der Waals surface area contributed by atoms with Crippen molar-refractivity contribution in [2.75, 3.05) is 6.61 Å². The summed E-state index contributed by atoms with van der Waals surface area (Å²) in [5, 5.41) is 12.7. The topological polar surface area (TPSA) is 38.3 Å². The van der Waals surface area contributed by atoms with E-state index in [1.807, 2.05) is 60.7 Å². The first-order chi connectivity index (χ1) is 18.6. The number of benzene rings is 3. The number of fused-ring (bicyclic) bond motifs is 1. The summed E-state index contributed by atoms with van der Waals surface area (Å²) in [4.78, 5) is 0. The highest BCUT2D eigenvalue weighted by Crippen LogP contribution is 2.44. The molecule has 1 unspecified atom stereocenters. The largest absolute Gasteiger partial charge is 1.00 e. The lowest BCUT2D eigenvalue weighted by atomic mass is 9.74. The number of unbranched alkanes of at least 4 members (excludes halogenated alkanes) is 6. The molecule has 1 atom stereocenters. The van der Waals surface area contributed by atoms with Crippen molar-refractivity contribution in [1.29, 1.82) is 0 Å². The first kappa shape index (κ1) is 30.9. The molecule has 0 bridgehead atoms. The number of para-hydroxylation sites is 2. The molecule has 0 saturated carbocycles. The van der Waals surface area contributed by atoms with Gasteiger partial charge in [0.2, 0.25) is 0 Å². The van der Waals surface area contributed by atoms with Crippen molar-refractivity contribution in [1.82, 2.24) is 4.57 Å². The fourth-order valence-corrected chi connectivity index (χ4v) is 5.90. The van der Waals surface area contributed by atoms with Crippen LogP contribution in [0, 0.1) is 0 Å². The molecule has 39 heavy (non-hydrogen) atoms. The molecule has 0 amide bonds. The van der Waals surface area contributed by atoms with Crippen LogP contribution in [-0.2, 0) is 24.1 Å². The van der Waals surface area contributed by atoms with E-state index in [0.29, 0.717) is 6.73 Å². The zero-order valence-corrected chi connectivity index (χ0v) is 24.6. The number of hydrogen-bond donors (Lipinski definition) is 1. The fraction of sp³-hybridized carbons (Fsp3) is 0.441. The molecule has 0 aliphatic carbocycles. The highest BCUT2D eigenvalue weighted by atomic mass is 35.5. The standard InChI is InChI=1S/C34H45N2O2.ClH/c1-4-6-7-8-9-10-19-26-38-27-36-32-25-18-17-24-31(32)35(3)33(36)30(5-2)34(37,28-20-13-11-14-21-28)29-22-15-12-16-23-29;/h11-18,20-25,30,37H,4-10,19,26-27H2,1-3H3;1H/q+1;/p-1. The molecule has 5 heteroatoms. The van der Waals surface area contributed by atoms with E-state index >= 15 is 0 Å². The van der Waals surface area contributed by atoms with Gasteiger partial charge in [0.1, 0.15) is 5.60 Å². The molecule has 0 aliphatic heterocycles. The molecule has 0 spiro atoms. The van der Waals surface area contributed by atoms with Crippen LogP contribution in [0.15, 0.2) is 84.9 Å². The van der Waals surface area contributed by atoms with Crippen molar-refractivity contribution >= 4 is 11.0 Å². The molecule has 0 radical (unpaired) electrons. The zero-order chi connectivity index (χ0) is 26.8. The molecule has 1 aromatic heterocycles. The average molecular weight is 549 g/mol. The molecule has 4 nitrogen and oxygen atoms in total. The van der Waals surface area contributed by atoms with E-state index in [9.17, 15) is 5.11 Å². The predicted octanol–water partition coefficient (Wildman–Crippen LogP) is 4.62. The van der Waals surface area contributed by atoms with Crippen LogP contribution >= 0.6 is 0 Å². The van der Waals surface area contributed by atoms with E-state index in [0.717, 1.165) is 47.4 Å². The SMILES string of the molecule is CCCCCCCCCOCn1c(C(CC)C(O)(c2ccccc2)c2ccccc2)[n+](C)c2ccccc21.[Cl-]. The van der Waals surface area contributed by atoms with Crippen molar-refractivity contribution < 1.29 is 26.8 Å². The second-order valence-corrected chi connectivity index (χ2v) is 10.5. The minimum absolute atomic E-state index is 0. The lowest BCUT2D eigenvalue weighted by Gasteiger charge is -2.35. The van der Waals surface area contributed by atoms with Crippen LogP contribution in [0.25, 0.3) is 11.0 Å². The maximum Gasteiger partial charge on any atom is 0.265 e. The summed E-state index contributed by atoms with van der Waals surface area (Å²) in [5.41, 5.74) is 2.88. The van der Waals surface area contributed by atoms with Crippen LogP contribution in [0.5, 0.6) is 0 Å². The van der Waals surface area contributed by atoms with E-state index in [-0.39, 0.29) is 18.3 Å². The number of nitrogens with zero attached hydrogens (tertiary/aromatic N) is 2. The van der Waals surface area contributed by atoms with E-state index in [1.165, 1.54) is 38.5 Å². The molecule has 1 heterocycles. The zero-order valence-electron chi connectivity index (χ0n) is 23.9. The Labute approximate surface area is 241 Å². The Morgan fingerprint density at radius 2 is 1.31 bits per heavy atom. The number of imidazole rings is 1. The molecular weight excluding hydrogens is 504 g/mol. The summed E-state index contributed by atoms with van der Waals surface area (Å²) >= 11 is 0. The van der Waals surface area contributed by atoms with Crippen LogP contribution in [-0.4, -0.2) is 16.3 Å². The lowest BCUT2D eigenvalue weighted by Crippen LogP contribution is -3.00. The van der Waals surface area contributed by atoms with Gasteiger partial charge in [0, 0.05) is 0 Å². The summed E-state index contributed by atoms with van der Waals surface area (Å²) < 4.78 is 10.8. The first-order valence-electron chi connectivity index (χ1n) is 14.5. The number of aliphatic hydroxyl groups is 1. The molecule has 0 aliphatic rings. The van der Waals surface area contributed by atoms with Gasteiger partial charge in [-0.3, -0.25) is 0 Å². The minimum Gasteiger partial charge on any atom is -1.00 e. The van der Waals surface area contributed by atoms with Crippen molar-refractivity contribution in [3.05, 3.63) is 102 Å². The fourth-order valence-electron chi connectivity index (χ4n) is 5.90. The number of aryl methyl sites for hydroxylation is 1. The number of aromatic nitrogens is 2. The number of halogens is 1. The Morgan fingerprint density at radius 1 is 0.769 bits per heavy atom. The van der Waals surface area contributed by atoms with Crippen LogP contribution in [0.2, 0.25) is 0 Å². The molecular formula is C34H45ClN2O2. The number of ether oxygens (including phenoxy) is 1. The van der Waals surface area contributed by atoms with Gasteiger partial charge in [0.05, 0.1) is 19.6 Å². The third-order valence-corrected chi connectivity index (χ3v) is 7.92. The Bertz CT molecular complexity index is 1220. The van der Waals surface area contributed by atoms with Gasteiger partial charge in [0.25, 0.3) is 5.82 Å². The van der Waals surface area contributed by atoms with E-state index < -0.39 is 5.60 Å². The van der Waals surface area contributed by atoms with E-state index in [1.54, 1.807) is 0 Å². The van der Waals surface area contributed by atoms with Gasteiger partial charge in [0.15, 0.2) is 17.8 Å². The third-order valence-electron chi connectivity index (χ3n) is 7.92. The van der Waals surface area contributed by atoms with Crippen molar-refractivity contribution in [3.8, 4) is 0 Å². The van der Waals surface area contributed by atoms with Gasteiger partial charge in [-0.15, -0.1) is 0 Å². The van der Waals surface area contributed by atoms with Crippen LogP contribution in [0.1, 0.15) is 88.1 Å². The summed E-state index contributed by atoms with van der Waals surface area (Å²) in [6, 6.07) is 28.7. The second kappa shape index (κ2) is 15.2. The van der Waals surface area contributed by atoms with Crippen LogP contribution in [0.4, 0.5) is 0 Å². The van der Waals surface area contributed by atoms with E-state index in [2.05, 4.69) is 54.3 Å². The molecule has 0 saturated heterocycles. The molecule has 0 fully saturated rings. The lowest BCUT2D eigenvalue weighted by molar-refractivity contribution is -0.656. The summed E-state index contributed by atoms with van der Waals surface area (Å²) in [5.74, 6) is 0.885. The van der Waals surface area contributed by atoms with Gasteiger partial charge >= 0.3 is 0 Å². The van der Waals surface area contributed by atoms with Gasteiger partial charge in [-0.2, -0.15) is 0 Å². The normalized spacial score (nSPS) is 12.4. The number of hydrogen-bond acceptors (Lipinski definition) is 2. The summed E-state index contributed by atoms with van der Waals surface area (Å²) in [6.45, 7) is 5.66. The second-order valence-electron chi connectivity index (χ2n) is 10.5. The highest BCUT2D eigenvalue weighted by Gasteiger charge is 2.46. The van der Waals surface area contributed by atoms with Gasteiger partial charge in [-0.25, -0.2) is 9.13 Å². The first-order valence-corrected chi connectivity index (χ1v) is 14.5. The quantitative estimate of drug-likeness (QED) is 0.174. The highest BCUT2D eigenvalue weighted by molar-refractivity contribution is 5.72. The van der Waals surface area contributed by atoms with Crippen molar-refractivity contribution in [3.63, 3.8) is 0 Å². The smallest absolute Gasteiger partial charge is 0.265 e. The molecule has 1 N–H and O–H groups in total. The van der Waals surface area contributed by atoms with Crippen LogP contribution < -0.4 is 17.0 Å². The van der Waals surface area contributed by atoms with Gasteiger partial charge < -0.3 is 22.3 Å². The predicted molar refractivity (Wildman–Crippen MR) is 156 cm³/mol. The Kier molecular flexibility index (Phi) is 12.0. The maximum atomic E-state index is 12.7. The Hall–Kier alpha value is -2.66. The maximum absolute atomic E-state index is 12.7. The monoisotopic (exact) mass is 548 g/mol. The van der Waals surface area contributed by atoms with E-state index in [4.69, 9.17) is 4.74 Å². The van der Waals surface area contributed by atoms with Crippen molar-refractivity contribution in [2.24, 2.45) is 7.05 Å². The molecule has 210 valence electrons. The summed E-state index contributed by atoms with van der Waals surface area (Å²) in [6.07, 6.45) is 9.65. The Balaban J connectivity index is 0.00000420. The van der Waals surface area contributed by atoms with Gasteiger partial charge in [-0.1, -0.05) is 125 Å². The minimum atomic E-state index is -1.19. The van der Waals surface area contributed by atoms with Crippen LogP contribution in [0.3, 0.4) is 0 Å². The Morgan fingerprint density at radius 3 is 1.90 bits per heavy atom. The molecule has 4 aromatic rings. The third kappa shape index (κ3) is 6.92. The van der Waals surface area contributed by atoms with Crippen molar-refractivity contribution in [2.45, 2.75) is 83.5 Å². The molecule has 4 rings (SSSR count). The number of rotatable bonds is 15. The van der Waals surface area contributed by atoms with Gasteiger partial charge in [-0.05, 0) is 36.1 Å². The average Bonchev–Trinajstić information content (AvgIpc) is 3.24.